The quantitative estimate of drug-likeness (QED) is 0.319. The van der Waals surface area contributed by atoms with Gasteiger partial charge in [-0.05, 0) is 57.2 Å². The fourth-order valence-corrected chi connectivity index (χ4v) is 4.75. The lowest BCUT2D eigenvalue weighted by atomic mass is 10.1. The summed E-state index contributed by atoms with van der Waals surface area (Å²) in [6, 6.07) is 12.4. The first-order chi connectivity index (χ1) is 21.2. The molecule has 13 nitrogen and oxygen atoms in total. The molecule has 4 aromatic rings. The molecule has 2 aliphatic heterocycles. The van der Waals surface area contributed by atoms with E-state index in [0.717, 1.165) is 11.4 Å². The van der Waals surface area contributed by atoms with Crippen LogP contribution in [0.5, 0.6) is 11.5 Å². The number of benzene rings is 1. The van der Waals surface area contributed by atoms with Crippen molar-refractivity contribution in [3.8, 4) is 22.8 Å². The van der Waals surface area contributed by atoms with E-state index in [4.69, 9.17) is 19.2 Å². The van der Waals surface area contributed by atoms with E-state index in [1.54, 1.807) is 60.0 Å². The molecule has 2 N–H and O–H groups in total. The molecule has 1 fully saturated rings. The zero-order valence-corrected chi connectivity index (χ0v) is 24.6. The molecule has 226 valence electrons. The summed E-state index contributed by atoms with van der Waals surface area (Å²) in [7, 11) is 0. The van der Waals surface area contributed by atoms with Crippen LogP contribution < -0.4 is 25.0 Å². The third-order valence-corrected chi connectivity index (χ3v) is 6.83. The number of amides is 2. The largest absolute Gasteiger partial charge is 0.454 e. The molecule has 0 atom stereocenters. The van der Waals surface area contributed by atoms with Gasteiger partial charge in [-0.25, -0.2) is 19.7 Å². The number of pyridine rings is 2. The lowest BCUT2D eigenvalue weighted by molar-refractivity contribution is 0.0240. The number of aromatic nitrogens is 4. The van der Waals surface area contributed by atoms with E-state index in [-0.39, 0.29) is 18.8 Å². The molecule has 2 aliphatic rings. The lowest BCUT2D eigenvalue weighted by Crippen LogP contribution is -2.50. The van der Waals surface area contributed by atoms with Crippen molar-refractivity contribution in [3.05, 3.63) is 72.8 Å². The van der Waals surface area contributed by atoms with Gasteiger partial charge < -0.3 is 34.6 Å². The number of nitrogens with zero attached hydrogens (tertiary/aromatic N) is 6. The maximum absolute atomic E-state index is 13.2. The molecule has 0 saturated carbocycles. The van der Waals surface area contributed by atoms with E-state index >= 15 is 0 Å². The first kappa shape index (κ1) is 28.6. The van der Waals surface area contributed by atoms with Crippen LogP contribution in [-0.2, 0) is 4.74 Å². The molecule has 0 radical (unpaired) electrons. The summed E-state index contributed by atoms with van der Waals surface area (Å²) in [6.45, 7) is 7.95. The average molecular weight is 597 g/mol. The van der Waals surface area contributed by atoms with Gasteiger partial charge >= 0.3 is 6.09 Å². The van der Waals surface area contributed by atoms with E-state index < -0.39 is 5.60 Å². The highest BCUT2D eigenvalue weighted by Crippen LogP contribution is 2.33. The number of ether oxygens (including phenoxy) is 3. The molecule has 2 amide bonds. The van der Waals surface area contributed by atoms with Crippen LogP contribution in [0.1, 0.15) is 31.1 Å². The van der Waals surface area contributed by atoms with Gasteiger partial charge in [0.05, 0.1) is 11.9 Å². The van der Waals surface area contributed by atoms with E-state index in [1.165, 1.54) is 0 Å². The number of nitrogens with one attached hydrogen (secondary N) is 2. The van der Waals surface area contributed by atoms with Crippen LogP contribution in [-0.4, -0.2) is 75.4 Å². The minimum Gasteiger partial charge on any atom is -0.454 e. The Kier molecular flexibility index (Phi) is 7.84. The molecule has 13 heteroatoms. The normalized spacial score (nSPS) is 14.2. The minimum absolute atomic E-state index is 0.124. The van der Waals surface area contributed by atoms with Crippen molar-refractivity contribution in [2.45, 2.75) is 26.4 Å². The van der Waals surface area contributed by atoms with Crippen LogP contribution >= 0.6 is 0 Å². The molecule has 6 rings (SSSR count). The summed E-state index contributed by atoms with van der Waals surface area (Å²) < 4.78 is 16.3. The Bertz CT molecular complexity index is 1670. The standard InChI is InChI=1S/C31H32N8O5/c1-31(2,3)44-30(41)39-12-10-38(11-13-39)28-15-20(6-7-34-28)23-16-22(17-26(36-23)37-27-18-32-8-9-33-27)35-29(40)21-4-5-24-25(14-21)43-19-42-24/h4-9,14-18H,10-13,19H2,1-3H3,(H2,33,35,36,37,40). The number of fused-ring (bicyclic) bond motifs is 1. The molecule has 1 saturated heterocycles. The highest BCUT2D eigenvalue weighted by Gasteiger charge is 2.26. The number of hydrogen-bond donors (Lipinski definition) is 2. The second-order valence-corrected chi connectivity index (χ2v) is 11.2. The lowest BCUT2D eigenvalue weighted by Gasteiger charge is -2.36. The van der Waals surface area contributed by atoms with Gasteiger partial charge in [0.15, 0.2) is 11.5 Å². The first-order valence-corrected chi connectivity index (χ1v) is 14.2. The fraction of sp³-hybridized carbons (Fsp3) is 0.290. The molecule has 3 aromatic heterocycles. The molecule has 44 heavy (non-hydrogen) atoms. The Morgan fingerprint density at radius 3 is 2.48 bits per heavy atom. The third-order valence-electron chi connectivity index (χ3n) is 6.83. The van der Waals surface area contributed by atoms with Gasteiger partial charge in [-0.1, -0.05) is 0 Å². The highest BCUT2D eigenvalue weighted by molar-refractivity contribution is 6.05. The van der Waals surface area contributed by atoms with Crippen molar-refractivity contribution in [2.24, 2.45) is 0 Å². The second kappa shape index (κ2) is 12.0. The number of carbonyl (C=O) groups is 2. The van der Waals surface area contributed by atoms with Crippen LogP contribution in [0.15, 0.2) is 67.3 Å². The summed E-state index contributed by atoms with van der Waals surface area (Å²) in [6.07, 6.45) is 6.15. The SMILES string of the molecule is CC(C)(C)OC(=O)N1CCN(c2cc(-c3cc(NC(=O)c4ccc5c(c4)OCO5)cc(Nc4cnccn4)n3)ccn2)CC1. The number of hydrogen-bond acceptors (Lipinski definition) is 11. The summed E-state index contributed by atoms with van der Waals surface area (Å²) in [5, 5.41) is 6.13. The summed E-state index contributed by atoms with van der Waals surface area (Å²) >= 11 is 0. The van der Waals surface area contributed by atoms with Gasteiger partial charge in [0.1, 0.15) is 23.1 Å². The highest BCUT2D eigenvalue weighted by atomic mass is 16.7. The zero-order chi connectivity index (χ0) is 30.7. The Balaban J connectivity index is 1.24. The van der Waals surface area contributed by atoms with Gasteiger partial charge in [0, 0.05) is 67.7 Å². The first-order valence-electron chi connectivity index (χ1n) is 14.2. The van der Waals surface area contributed by atoms with Crippen molar-refractivity contribution >= 4 is 35.1 Å². The number of anilines is 4. The molecule has 0 bridgehead atoms. The molecular weight excluding hydrogens is 564 g/mol. The zero-order valence-electron chi connectivity index (χ0n) is 24.6. The number of piperazine rings is 1. The van der Waals surface area contributed by atoms with Crippen molar-refractivity contribution < 1.29 is 23.8 Å². The van der Waals surface area contributed by atoms with Crippen molar-refractivity contribution in [3.63, 3.8) is 0 Å². The summed E-state index contributed by atoms with van der Waals surface area (Å²) in [5.74, 6) is 2.53. The predicted octanol–water partition coefficient (Wildman–Crippen LogP) is 4.72. The van der Waals surface area contributed by atoms with Crippen molar-refractivity contribution in [1.82, 2.24) is 24.8 Å². The monoisotopic (exact) mass is 596 g/mol. The van der Waals surface area contributed by atoms with Crippen LogP contribution in [0, 0.1) is 0 Å². The Hall–Kier alpha value is -5.46. The van der Waals surface area contributed by atoms with Crippen LogP contribution in [0.4, 0.5) is 27.9 Å². The van der Waals surface area contributed by atoms with E-state index in [9.17, 15) is 9.59 Å². The smallest absolute Gasteiger partial charge is 0.410 e. The third kappa shape index (κ3) is 6.77. The fourth-order valence-electron chi connectivity index (χ4n) is 4.75. The van der Waals surface area contributed by atoms with Gasteiger partial charge in [0.25, 0.3) is 5.91 Å². The summed E-state index contributed by atoms with van der Waals surface area (Å²) in [5.41, 5.74) is 1.80. The van der Waals surface area contributed by atoms with Gasteiger partial charge in [-0.15, -0.1) is 0 Å². The van der Waals surface area contributed by atoms with E-state index in [2.05, 4.69) is 30.5 Å². The molecule has 0 spiro atoms. The van der Waals surface area contributed by atoms with Crippen LogP contribution in [0.25, 0.3) is 11.3 Å². The topological polar surface area (TPSA) is 144 Å². The van der Waals surface area contributed by atoms with Gasteiger partial charge in [-0.3, -0.25) is 9.78 Å². The maximum atomic E-state index is 13.2. The van der Waals surface area contributed by atoms with Crippen LogP contribution in [0.3, 0.4) is 0 Å². The predicted molar refractivity (Wildman–Crippen MR) is 163 cm³/mol. The maximum Gasteiger partial charge on any atom is 0.410 e. The second-order valence-electron chi connectivity index (χ2n) is 11.2. The molecule has 5 heterocycles. The number of carbonyl (C=O) groups excluding carboxylic acids is 2. The van der Waals surface area contributed by atoms with Gasteiger partial charge in [-0.2, -0.15) is 0 Å². The Labute approximate surface area is 254 Å². The van der Waals surface area contributed by atoms with Crippen LogP contribution in [0.2, 0.25) is 0 Å². The van der Waals surface area contributed by atoms with Crippen molar-refractivity contribution in [2.75, 3.05) is 48.5 Å². The molecular formula is C31H32N8O5. The average Bonchev–Trinajstić information content (AvgIpc) is 3.49. The number of rotatable bonds is 6. The Morgan fingerprint density at radius 1 is 0.886 bits per heavy atom. The summed E-state index contributed by atoms with van der Waals surface area (Å²) in [4.78, 5) is 47.3. The molecule has 0 aliphatic carbocycles. The Morgan fingerprint density at radius 2 is 1.70 bits per heavy atom. The molecule has 1 aromatic carbocycles. The van der Waals surface area contributed by atoms with Crippen molar-refractivity contribution in [1.29, 1.82) is 0 Å². The minimum atomic E-state index is -0.545. The van der Waals surface area contributed by atoms with E-state index in [1.807, 2.05) is 32.9 Å². The van der Waals surface area contributed by atoms with E-state index in [0.29, 0.717) is 66.3 Å². The van der Waals surface area contributed by atoms with Gasteiger partial charge in [0.2, 0.25) is 6.79 Å². The molecule has 0 unspecified atom stereocenters.